The molecule has 2 heterocycles. The second kappa shape index (κ2) is 10.0. The third-order valence-electron chi connectivity index (χ3n) is 6.43. The fraction of sp³-hybridized carbons (Fsp3) is 0.276. The Bertz CT molecular complexity index is 1330. The highest BCUT2D eigenvalue weighted by molar-refractivity contribution is 7.16. The molecule has 5 nitrogen and oxygen atoms in total. The SMILES string of the molecule is Cc1ccc([C@H](Nc2nc(C)cc(C)n2)c2c(NC(=O)c3ccccc3)sc3c2CCCC3)cc1. The molecule has 5 rings (SSSR count). The number of rotatable bonds is 6. The molecule has 2 aromatic carbocycles. The van der Waals surface area contributed by atoms with Crippen LogP contribution in [0.15, 0.2) is 60.7 Å². The van der Waals surface area contributed by atoms with Gasteiger partial charge >= 0.3 is 0 Å². The van der Waals surface area contributed by atoms with Crippen molar-refractivity contribution < 1.29 is 4.79 Å². The van der Waals surface area contributed by atoms with Gasteiger partial charge in [-0.1, -0.05) is 48.0 Å². The normalized spacial score (nSPS) is 13.7. The zero-order chi connectivity index (χ0) is 24.4. The Morgan fingerprint density at radius 2 is 1.60 bits per heavy atom. The summed E-state index contributed by atoms with van der Waals surface area (Å²) >= 11 is 1.72. The van der Waals surface area contributed by atoms with Crippen molar-refractivity contribution in [1.29, 1.82) is 0 Å². The largest absolute Gasteiger partial charge is 0.343 e. The van der Waals surface area contributed by atoms with Crippen LogP contribution in [-0.2, 0) is 12.8 Å². The summed E-state index contributed by atoms with van der Waals surface area (Å²) < 4.78 is 0. The first-order valence-corrected chi connectivity index (χ1v) is 13.0. The van der Waals surface area contributed by atoms with Gasteiger partial charge in [0.2, 0.25) is 5.95 Å². The van der Waals surface area contributed by atoms with E-state index in [1.165, 1.54) is 22.4 Å². The number of hydrogen-bond donors (Lipinski definition) is 2. The molecule has 2 N–H and O–H groups in total. The number of aryl methyl sites for hydroxylation is 4. The van der Waals surface area contributed by atoms with Crippen LogP contribution in [0.2, 0.25) is 0 Å². The topological polar surface area (TPSA) is 66.9 Å². The molecule has 0 unspecified atom stereocenters. The van der Waals surface area contributed by atoms with Crippen LogP contribution in [-0.4, -0.2) is 15.9 Å². The first-order chi connectivity index (χ1) is 17.0. The molecule has 178 valence electrons. The van der Waals surface area contributed by atoms with E-state index in [2.05, 4.69) is 51.8 Å². The molecule has 0 saturated heterocycles. The molecule has 0 bridgehead atoms. The maximum atomic E-state index is 13.2. The number of nitrogens with one attached hydrogen (secondary N) is 2. The van der Waals surface area contributed by atoms with Crippen molar-refractivity contribution in [2.75, 3.05) is 10.6 Å². The molecule has 0 fully saturated rings. The lowest BCUT2D eigenvalue weighted by Crippen LogP contribution is -2.19. The lowest BCUT2D eigenvalue weighted by atomic mass is 9.89. The minimum absolute atomic E-state index is 0.0873. The summed E-state index contributed by atoms with van der Waals surface area (Å²) in [6.45, 7) is 6.06. The second-order valence-electron chi connectivity index (χ2n) is 9.24. The number of nitrogens with zero attached hydrogens (tertiary/aromatic N) is 2. The second-order valence-corrected chi connectivity index (χ2v) is 10.3. The Labute approximate surface area is 210 Å². The molecule has 0 saturated carbocycles. The number of benzene rings is 2. The van der Waals surface area contributed by atoms with Crippen molar-refractivity contribution in [3.8, 4) is 0 Å². The molecule has 0 spiro atoms. The molecule has 1 aliphatic rings. The van der Waals surface area contributed by atoms with E-state index in [0.29, 0.717) is 11.5 Å². The first kappa shape index (κ1) is 23.2. The molecule has 0 radical (unpaired) electrons. The number of anilines is 2. The maximum Gasteiger partial charge on any atom is 0.256 e. The van der Waals surface area contributed by atoms with Gasteiger partial charge in [-0.2, -0.15) is 0 Å². The number of carbonyl (C=O) groups excluding carboxylic acids is 1. The van der Waals surface area contributed by atoms with Gasteiger partial charge in [-0.3, -0.25) is 4.79 Å². The van der Waals surface area contributed by atoms with E-state index < -0.39 is 0 Å². The predicted molar refractivity (Wildman–Crippen MR) is 144 cm³/mol. The number of aromatic nitrogens is 2. The Balaban J connectivity index is 1.62. The quantitative estimate of drug-likeness (QED) is 0.317. The van der Waals surface area contributed by atoms with Crippen molar-refractivity contribution in [3.63, 3.8) is 0 Å². The van der Waals surface area contributed by atoms with Gasteiger partial charge in [0.25, 0.3) is 5.91 Å². The Hall–Kier alpha value is -3.51. The Morgan fingerprint density at radius 1 is 0.914 bits per heavy atom. The van der Waals surface area contributed by atoms with E-state index in [4.69, 9.17) is 0 Å². The number of carbonyl (C=O) groups is 1. The molecule has 6 heteroatoms. The standard InChI is InChI=1S/C29H30N4OS/c1-18-13-15-21(16-14-18)26(32-29-30-19(2)17-20(3)31-29)25-23-11-7-8-12-24(23)35-28(25)33-27(34)22-9-5-4-6-10-22/h4-6,9-10,13-17,26H,7-8,11-12H2,1-3H3,(H,33,34)(H,30,31,32)/t26-/m0/s1. The van der Waals surface area contributed by atoms with Crippen molar-refractivity contribution in [2.45, 2.75) is 52.5 Å². The minimum Gasteiger partial charge on any atom is -0.343 e. The summed E-state index contributed by atoms with van der Waals surface area (Å²) in [5.41, 5.74) is 7.33. The third-order valence-corrected chi connectivity index (χ3v) is 7.65. The molecular weight excluding hydrogens is 452 g/mol. The van der Waals surface area contributed by atoms with Crippen molar-refractivity contribution in [3.05, 3.63) is 105 Å². The lowest BCUT2D eigenvalue weighted by molar-refractivity contribution is 0.102. The lowest BCUT2D eigenvalue weighted by Gasteiger charge is -2.24. The van der Waals surface area contributed by atoms with Gasteiger partial charge in [0.1, 0.15) is 5.00 Å². The van der Waals surface area contributed by atoms with E-state index in [9.17, 15) is 4.79 Å². The van der Waals surface area contributed by atoms with E-state index in [1.807, 2.05) is 50.2 Å². The highest BCUT2D eigenvalue weighted by Crippen LogP contribution is 2.44. The van der Waals surface area contributed by atoms with Gasteiger partial charge in [0.15, 0.2) is 0 Å². The van der Waals surface area contributed by atoms with Gasteiger partial charge in [0, 0.05) is 27.4 Å². The highest BCUT2D eigenvalue weighted by Gasteiger charge is 2.29. The van der Waals surface area contributed by atoms with Gasteiger partial charge in [-0.15, -0.1) is 11.3 Å². The molecule has 4 aromatic rings. The highest BCUT2D eigenvalue weighted by atomic mass is 32.1. The third kappa shape index (κ3) is 5.13. The zero-order valence-electron chi connectivity index (χ0n) is 20.4. The summed E-state index contributed by atoms with van der Waals surface area (Å²) in [5, 5.41) is 7.80. The molecule has 1 atom stereocenters. The summed E-state index contributed by atoms with van der Waals surface area (Å²) in [5.74, 6) is 0.514. The average Bonchev–Trinajstić information content (AvgIpc) is 3.20. The molecule has 1 aliphatic carbocycles. The number of amides is 1. The smallest absolute Gasteiger partial charge is 0.256 e. The molecule has 0 aliphatic heterocycles. The zero-order valence-corrected chi connectivity index (χ0v) is 21.2. The number of thiophene rings is 1. The summed E-state index contributed by atoms with van der Waals surface area (Å²) in [7, 11) is 0. The monoisotopic (exact) mass is 482 g/mol. The first-order valence-electron chi connectivity index (χ1n) is 12.1. The van der Waals surface area contributed by atoms with Crippen LogP contribution in [0.4, 0.5) is 10.9 Å². The molecule has 35 heavy (non-hydrogen) atoms. The van der Waals surface area contributed by atoms with Gasteiger partial charge in [-0.25, -0.2) is 9.97 Å². The fourth-order valence-electron chi connectivity index (χ4n) is 4.75. The van der Waals surface area contributed by atoms with E-state index in [0.717, 1.165) is 46.8 Å². The van der Waals surface area contributed by atoms with Crippen LogP contribution in [0.1, 0.15) is 67.8 Å². The fourth-order valence-corrected chi connectivity index (χ4v) is 6.08. The maximum absolute atomic E-state index is 13.2. The van der Waals surface area contributed by atoms with Gasteiger partial charge in [-0.05, 0) is 75.8 Å². The molecular formula is C29H30N4OS. The van der Waals surface area contributed by atoms with Crippen molar-refractivity contribution in [1.82, 2.24) is 9.97 Å². The molecule has 2 aromatic heterocycles. The van der Waals surface area contributed by atoms with Crippen LogP contribution < -0.4 is 10.6 Å². The summed E-state index contributed by atoms with van der Waals surface area (Å²) in [6.07, 6.45) is 4.40. The number of fused-ring (bicyclic) bond motifs is 1. The Kier molecular flexibility index (Phi) is 6.64. The average molecular weight is 483 g/mol. The summed E-state index contributed by atoms with van der Waals surface area (Å²) in [6, 6.07) is 19.8. The number of hydrogen-bond acceptors (Lipinski definition) is 5. The van der Waals surface area contributed by atoms with E-state index in [-0.39, 0.29) is 11.9 Å². The summed E-state index contributed by atoms with van der Waals surface area (Å²) in [4.78, 5) is 23.9. The van der Waals surface area contributed by atoms with Crippen LogP contribution >= 0.6 is 11.3 Å². The van der Waals surface area contributed by atoms with Crippen molar-refractivity contribution in [2.24, 2.45) is 0 Å². The van der Waals surface area contributed by atoms with Crippen LogP contribution in [0.25, 0.3) is 0 Å². The predicted octanol–water partition coefficient (Wildman–Crippen LogP) is 6.80. The van der Waals surface area contributed by atoms with Crippen molar-refractivity contribution >= 4 is 28.2 Å². The van der Waals surface area contributed by atoms with Crippen LogP contribution in [0.3, 0.4) is 0 Å². The van der Waals surface area contributed by atoms with Crippen LogP contribution in [0, 0.1) is 20.8 Å². The minimum atomic E-state index is -0.180. The van der Waals surface area contributed by atoms with Crippen LogP contribution in [0.5, 0.6) is 0 Å². The Morgan fingerprint density at radius 3 is 2.31 bits per heavy atom. The van der Waals surface area contributed by atoms with E-state index >= 15 is 0 Å². The molecule has 1 amide bonds. The van der Waals surface area contributed by atoms with E-state index in [1.54, 1.807) is 11.3 Å². The van der Waals surface area contributed by atoms with Gasteiger partial charge < -0.3 is 10.6 Å². The van der Waals surface area contributed by atoms with Gasteiger partial charge in [0.05, 0.1) is 6.04 Å².